The highest BCUT2D eigenvalue weighted by atomic mass is 16.1. The van der Waals surface area contributed by atoms with Gasteiger partial charge in [0.1, 0.15) is 11.2 Å². The first-order valence-corrected chi connectivity index (χ1v) is 5.49. The minimum Gasteiger partial charge on any atom is -0.398 e. The molecule has 0 saturated carbocycles. The van der Waals surface area contributed by atoms with Crippen molar-refractivity contribution in [2.75, 3.05) is 5.73 Å². The molecule has 0 amide bonds. The molecular weight excluding hydrogens is 230 g/mol. The Morgan fingerprint density at radius 1 is 1.28 bits per heavy atom. The number of anilines is 1. The van der Waals surface area contributed by atoms with Crippen molar-refractivity contribution < 1.29 is 0 Å². The molecule has 6 nitrogen and oxygen atoms in total. The van der Waals surface area contributed by atoms with Crippen LogP contribution in [0.2, 0.25) is 0 Å². The second-order valence-electron chi connectivity index (χ2n) is 4.02. The third-order valence-corrected chi connectivity index (χ3v) is 2.78. The van der Waals surface area contributed by atoms with Gasteiger partial charge in [-0.25, -0.2) is 4.98 Å². The van der Waals surface area contributed by atoms with Gasteiger partial charge in [-0.1, -0.05) is 18.2 Å². The Labute approximate surface area is 102 Å². The van der Waals surface area contributed by atoms with E-state index in [4.69, 9.17) is 5.73 Å². The average molecular weight is 241 g/mol. The minimum absolute atomic E-state index is 0.196. The minimum atomic E-state index is -0.196. The zero-order chi connectivity index (χ0) is 12.5. The predicted octanol–water partition coefficient (Wildman–Crippen LogP) is 0.819. The molecule has 0 aliphatic rings. The van der Waals surface area contributed by atoms with Gasteiger partial charge in [-0.15, -0.1) is 0 Å². The van der Waals surface area contributed by atoms with Crippen molar-refractivity contribution in [1.29, 1.82) is 0 Å². The SMILES string of the molecule is Nc1ccccc1Cc1nc2[nH]ncc2c(=O)[nH]1. The van der Waals surface area contributed by atoms with Gasteiger partial charge in [0.25, 0.3) is 5.56 Å². The number of aromatic amines is 2. The van der Waals surface area contributed by atoms with E-state index in [2.05, 4.69) is 20.2 Å². The summed E-state index contributed by atoms with van der Waals surface area (Å²) < 4.78 is 0. The number of nitrogen functional groups attached to an aromatic ring is 1. The molecule has 3 rings (SSSR count). The van der Waals surface area contributed by atoms with Crippen molar-refractivity contribution in [3.8, 4) is 0 Å². The summed E-state index contributed by atoms with van der Waals surface area (Å²) in [6.07, 6.45) is 1.94. The van der Waals surface area contributed by atoms with Crippen LogP contribution in [0.4, 0.5) is 5.69 Å². The fourth-order valence-corrected chi connectivity index (χ4v) is 1.85. The number of nitrogens with one attached hydrogen (secondary N) is 2. The molecule has 0 atom stereocenters. The highest BCUT2D eigenvalue weighted by molar-refractivity contribution is 5.72. The molecule has 0 unspecified atom stereocenters. The Kier molecular flexibility index (Phi) is 2.33. The van der Waals surface area contributed by atoms with E-state index in [1.54, 1.807) is 0 Å². The van der Waals surface area contributed by atoms with Gasteiger partial charge in [0.2, 0.25) is 0 Å². The van der Waals surface area contributed by atoms with Crippen LogP contribution >= 0.6 is 0 Å². The first-order chi connectivity index (χ1) is 8.74. The van der Waals surface area contributed by atoms with Gasteiger partial charge in [-0.2, -0.15) is 5.10 Å². The number of H-pyrrole nitrogens is 2. The second-order valence-corrected chi connectivity index (χ2v) is 4.02. The fourth-order valence-electron chi connectivity index (χ4n) is 1.85. The summed E-state index contributed by atoms with van der Waals surface area (Å²) in [5.41, 5.74) is 7.77. The summed E-state index contributed by atoms with van der Waals surface area (Å²) >= 11 is 0. The lowest BCUT2D eigenvalue weighted by molar-refractivity contribution is 0.963. The predicted molar refractivity (Wildman–Crippen MR) is 68.2 cm³/mol. The molecule has 0 aliphatic carbocycles. The lowest BCUT2D eigenvalue weighted by Crippen LogP contribution is -2.11. The number of aromatic nitrogens is 4. The number of fused-ring (bicyclic) bond motifs is 1. The van der Waals surface area contributed by atoms with E-state index >= 15 is 0 Å². The van der Waals surface area contributed by atoms with Gasteiger partial charge >= 0.3 is 0 Å². The zero-order valence-corrected chi connectivity index (χ0v) is 9.47. The molecule has 0 radical (unpaired) electrons. The van der Waals surface area contributed by atoms with Crippen LogP contribution in [0.3, 0.4) is 0 Å². The largest absolute Gasteiger partial charge is 0.398 e. The monoisotopic (exact) mass is 241 g/mol. The summed E-state index contributed by atoms with van der Waals surface area (Å²) in [5, 5.41) is 6.94. The second kappa shape index (κ2) is 3.99. The molecule has 0 fully saturated rings. The average Bonchev–Trinajstić information content (AvgIpc) is 2.81. The normalized spacial score (nSPS) is 10.9. The highest BCUT2D eigenvalue weighted by Crippen LogP contribution is 2.14. The zero-order valence-electron chi connectivity index (χ0n) is 9.47. The smallest absolute Gasteiger partial charge is 0.262 e. The van der Waals surface area contributed by atoms with E-state index in [0.717, 1.165) is 5.56 Å². The Balaban J connectivity index is 2.05. The number of benzene rings is 1. The Morgan fingerprint density at radius 2 is 2.11 bits per heavy atom. The van der Waals surface area contributed by atoms with E-state index in [1.165, 1.54) is 6.20 Å². The molecule has 1 aromatic carbocycles. The summed E-state index contributed by atoms with van der Waals surface area (Å²) in [6.45, 7) is 0. The van der Waals surface area contributed by atoms with Crippen molar-refractivity contribution in [2.24, 2.45) is 0 Å². The van der Waals surface area contributed by atoms with Gasteiger partial charge in [-0.3, -0.25) is 9.89 Å². The van der Waals surface area contributed by atoms with Crippen molar-refractivity contribution in [2.45, 2.75) is 6.42 Å². The molecule has 90 valence electrons. The number of hydrogen-bond acceptors (Lipinski definition) is 4. The third kappa shape index (κ3) is 1.73. The summed E-state index contributed by atoms with van der Waals surface area (Å²) in [5.74, 6) is 0.564. The summed E-state index contributed by atoms with van der Waals surface area (Å²) in [7, 11) is 0. The molecule has 3 aromatic rings. The van der Waals surface area contributed by atoms with E-state index in [1.807, 2.05) is 24.3 Å². The molecular formula is C12H11N5O. The Bertz CT molecular complexity index is 758. The number of rotatable bonds is 2. The van der Waals surface area contributed by atoms with E-state index in [0.29, 0.717) is 29.0 Å². The highest BCUT2D eigenvalue weighted by Gasteiger charge is 2.07. The molecule has 6 heteroatoms. The number of para-hydroxylation sites is 1. The molecule has 0 aliphatic heterocycles. The van der Waals surface area contributed by atoms with Gasteiger partial charge in [0.15, 0.2) is 5.65 Å². The van der Waals surface area contributed by atoms with Crippen LogP contribution in [0.5, 0.6) is 0 Å². The molecule has 18 heavy (non-hydrogen) atoms. The maximum absolute atomic E-state index is 11.7. The van der Waals surface area contributed by atoms with Crippen LogP contribution in [0.1, 0.15) is 11.4 Å². The van der Waals surface area contributed by atoms with Gasteiger partial charge in [-0.05, 0) is 11.6 Å². The third-order valence-electron chi connectivity index (χ3n) is 2.78. The standard InChI is InChI=1S/C12H11N5O/c13-9-4-2-1-3-7(9)5-10-15-11-8(6-14-17-11)12(18)16-10/h1-4,6H,5,13H2,(H2,14,15,16,17,18). The molecule has 4 N–H and O–H groups in total. The molecule has 0 spiro atoms. The van der Waals surface area contributed by atoms with Crippen LogP contribution < -0.4 is 11.3 Å². The van der Waals surface area contributed by atoms with E-state index < -0.39 is 0 Å². The Hall–Kier alpha value is -2.63. The van der Waals surface area contributed by atoms with E-state index in [-0.39, 0.29) is 5.56 Å². The Morgan fingerprint density at radius 3 is 2.94 bits per heavy atom. The first-order valence-electron chi connectivity index (χ1n) is 5.49. The first kappa shape index (κ1) is 10.5. The number of hydrogen-bond donors (Lipinski definition) is 3. The van der Waals surface area contributed by atoms with E-state index in [9.17, 15) is 4.79 Å². The van der Waals surface area contributed by atoms with Crippen molar-refractivity contribution in [3.05, 3.63) is 52.2 Å². The van der Waals surface area contributed by atoms with Crippen LogP contribution in [-0.4, -0.2) is 20.2 Å². The molecule has 2 aromatic heterocycles. The van der Waals surface area contributed by atoms with Gasteiger partial charge < -0.3 is 10.7 Å². The van der Waals surface area contributed by atoms with Crippen LogP contribution in [0.25, 0.3) is 11.0 Å². The maximum Gasteiger partial charge on any atom is 0.262 e. The van der Waals surface area contributed by atoms with Crippen molar-refractivity contribution >= 4 is 16.7 Å². The van der Waals surface area contributed by atoms with Gasteiger partial charge in [0, 0.05) is 12.1 Å². The van der Waals surface area contributed by atoms with Crippen LogP contribution in [0.15, 0.2) is 35.3 Å². The molecule has 0 bridgehead atoms. The van der Waals surface area contributed by atoms with Crippen LogP contribution in [0, 0.1) is 0 Å². The maximum atomic E-state index is 11.7. The lowest BCUT2D eigenvalue weighted by Gasteiger charge is -2.04. The van der Waals surface area contributed by atoms with Crippen molar-refractivity contribution in [1.82, 2.24) is 20.2 Å². The number of nitrogens with two attached hydrogens (primary N) is 1. The topological polar surface area (TPSA) is 100 Å². The van der Waals surface area contributed by atoms with Gasteiger partial charge in [0.05, 0.1) is 6.20 Å². The molecule has 0 saturated heterocycles. The van der Waals surface area contributed by atoms with Crippen LogP contribution in [-0.2, 0) is 6.42 Å². The summed E-state index contributed by atoms with van der Waals surface area (Å²) in [6, 6.07) is 7.50. The lowest BCUT2D eigenvalue weighted by atomic mass is 10.1. The summed E-state index contributed by atoms with van der Waals surface area (Å²) in [4.78, 5) is 18.8. The van der Waals surface area contributed by atoms with Crippen molar-refractivity contribution in [3.63, 3.8) is 0 Å². The fraction of sp³-hybridized carbons (Fsp3) is 0.0833. The molecule has 2 heterocycles. The quantitative estimate of drug-likeness (QED) is 0.578. The number of nitrogens with zero attached hydrogens (tertiary/aromatic N) is 2.